The van der Waals surface area contributed by atoms with Gasteiger partial charge < -0.3 is 4.74 Å². The summed E-state index contributed by atoms with van der Waals surface area (Å²) in [4.78, 5) is 11.6. The van der Waals surface area contributed by atoms with Gasteiger partial charge in [0.25, 0.3) is 0 Å². The molecule has 0 aromatic heterocycles. The van der Waals surface area contributed by atoms with Gasteiger partial charge in [0.1, 0.15) is 11.6 Å². The first kappa shape index (κ1) is 12.6. The van der Waals surface area contributed by atoms with E-state index in [-0.39, 0.29) is 12.2 Å². The van der Waals surface area contributed by atoms with E-state index >= 15 is 0 Å². The summed E-state index contributed by atoms with van der Waals surface area (Å²) in [5.74, 6) is -2.12. The Balaban J connectivity index is 3.21. The van der Waals surface area contributed by atoms with Gasteiger partial charge in [-0.3, -0.25) is 4.79 Å². The molecular weight excluding hydrogens is 214 g/mol. The molecule has 0 aliphatic rings. The van der Waals surface area contributed by atoms with Crippen LogP contribution in [0.5, 0.6) is 0 Å². The topological polar surface area (TPSA) is 26.3 Å². The molecule has 0 aliphatic heterocycles. The maximum absolute atomic E-state index is 13.5. The van der Waals surface area contributed by atoms with Crippen molar-refractivity contribution in [2.75, 3.05) is 6.61 Å². The predicted octanol–water partition coefficient (Wildman–Crippen LogP) is 2.81. The minimum atomic E-state index is -1.33. The number of carbonyl (C=O) groups excluding carboxylic acids is 1. The molecule has 16 heavy (non-hydrogen) atoms. The van der Waals surface area contributed by atoms with Crippen molar-refractivity contribution in [3.8, 4) is 0 Å². The van der Waals surface area contributed by atoms with E-state index in [1.165, 1.54) is 19.9 Å². The van der Waals surface area contributed by atoms with Crippen LogP contribution in [-0.2, 0) is 14.9 Å². The van der Waals surface area contributed by atoms with Crippen LogP contribution in [0.25, 0.3) is 0 Å². The van der Waals surface area contributed by atoms with E-state index in [1.54, 1.807) is 6.92 Å². The molecule has 0 saturated carbocycles. The first-order chi connectivity index (χ1) is 7.41. The van der Waals surface area contributed by atoms with E-state index in [2.05, 4.69) is 0 Å². The molecule has 0 saturated heterocycles. The Morgan fingerprint density at radius 1 is 1.31 bits per heavy atom. The molecule has 0 fully saturated rings. The molecule has 2 nitrogen and oxygen atoms in total. The highest BCUT2D eigenvalue weighted by atomic mass is 19.1. The number of carbonyl (C=O) groups is 1. The highest BCUT2D eigenvalue weighted by molar-refractivity contribution is 5.82. The van der Waals surface area contributed by atoms with Gasteiger partial charge in [-0.05, 0) is 32.9 Å². The average Bonchev–Trinajstić information content (AvgIpc) is 2.17. The zero-order valence-electron chi connectivity index (χ0n) is 9.51. The minimum absolute atomic E-state index is 0.179. The summed E-state index contributed by atoms with van der Waals surface area (Å²) in [6.45, 7) is 4.70. The minimum Gasteiger partial charge on any atom is -0.465 e. The Labute approximate surface area is 93.2 Å². The van der Waals surface area contributed by atoms with Crippen molar-refractivity contribution in [1.82, 2.24) is 0 Å². The fourth-order valence-electron chi connectivity index (χ4n) is 1.51. The number of ether oxygens (including phenoxy) is 1. The lowest BCUT2D eigenvalue weighted by Gasteiger charge is -2.23. The molecule has 0 unspecified atom stereocenters. The van der Waals surface area contributed by atoms with Gasteiger partial charge in [-0.2, -0.15) is 0 Å². The fourth-order valence-corrected chi connectivity index (χ4v) is 1.51. The van der Waals surface area contributed by atoms with Crippen LogP contribution in [0.1, 0.15) is 26.3 Å². The highest BCUT2D eigenvalue weighted by Gasteiger charge is 2.36. The van der Waals surface area contributed by atoms with E-state index < -0.39 is 23.0 Å². The third kappa shape index (κ3) is 2.21. The molecule has 0 amide bonds. The van der Waals surface area contributed by atoms with Crippen LogP contribution in [0, 0.1) is 11.6 Å². The lowest BCUT2D eigenvalue weighted by Crippen LogP contribution is -2.33. The molecule has 0 atom stereocenters. The van der Waals surface area contributed by atoms with Gasteiger partial charge in [-0.1, -0.05) is 6.07 Å². The van der Waals surface area contributed by atoms with Gasteiger partial charge in [0.05, 0.1) is 12.0 Å². The van der Waals surface area contributed by atoms with Crippen molar-refractivity contribution < 1.29 is 18.3 Å². The zero-order chi connectivity index (χ0) is 12.3. The summed E-state index contributed by atoms with van der Waals surface area (Å²) in [5, 5.41) is 0. The molecule has 0 spiro atoms. The zero-order valence-corrected chi connectivity index (χ0v) is 9.51. The van der Waals surface area contributed by atoms with Crippen molar-refractivity contribution in [3.63, 3.8) is 0 Å². The Hall–Kier alpha value is -1.45. The smallest absolute Gasteiger partial charge is 0.316 e. The van der Waals surface area contributed by atoms with Crippen LogP contribution in [0.2, 0.25) is 0 Å². The molecular formula is C12H14F2O2. The van der Waals surface area contributed by atoms with E-state index in [4.69, 9.17) is 4.74 Å². The van der Waals surface area contributed by atoms with Gasteiger partial charge in [0.15, 0.2) is 0 Å². The average molecular weight is 228 g/mol. The first-order valence-electron chi connectivity index (χ1n) is 5.03. The number of rotatable bonds is 3. The molecule has 0 bridgehead atoms. The lowest BCUT2D eigenvalue weighted by molar-refractivity contribution is -0.149. The Morgan fingerprint density at radius 3 is 2.25 bits per heavy atom. The van der Waals surface area contributed by atoms with E-state index in [0.717, 1.165) is 12.1 Å². The normalized spacial score (nSPS) is 11.3. The first-order valence-corrected chi connectivity index (χ1v) is 5.03. The number of esters is 1. The van der Waals surface area contributed by atoms with E-state index in [9.17, 15) is 13.6 Å². The van der Waals surface area contributed by atoms with Crippen molar-refractivity contribution in [2.45, 2.75) is 26.2 Å². The summed E-state index contributed by atoms with van der Waals surface area (Å²) < 4.78 is 31.8. The second-order valence-electron chi connectivity index (χ2n) is 3.94. The molecule has 1 rings (SSSR count). The third-order valence-electron chi connectivity index (χ3n) is 2.37. The van der Waals surface area contributed by atoms with Gasteiger partial charge in [-0.15, -0.1) is 0 Å². The van der Waals surface area contributed by atoms with E-state index in [0.29, 0.717) is 0 Å². The quantitative estimate of drug-likeness (QED) is 0.743. The van der Waals surface area contributed by atoms with Crippen LogP contribution in [0.3, 0.4) is 0 Å². The standard InChI is InChI=1S/C12H14F2O2/c1-4-16-11(15)12(2,3)10-8(13)6-5-7-9(10)14/h5-7H,4H2,1-3H3. The Bertz CT molecular complexity index is 380. The van der Waals surface area contributed by atoms with Crippen LogP contribution in [-0.4, -0.2) is 12.6 Å². The van der Waals surface area contributed by atoms with E-state index in [1.807, 2.05) is 0 Å². The summed E-state index contributed by atoms with van der Waals surface area (Å²) >= 11 is 0. The Morgan fingerprint density at radius 2 is 1.81 bits per heavy atom. The van der Waals surface area contributed by atoms with Gasteiger partial charge in [-0.25, -0.2) is 8.78 Å². The summed E-state index contributed by atoms with van der Waals surface area (Å²) in [6.07, 6.45) is 0. The van der Waals surface area contributed by atoms with Crippen molar-refractivity contribution in [2.24, 2.45) is 0 Å². The molecule has 88 valence electrons. The molecule has 1 aromatic carbocycles. The monoisotopic (exact) mass is 228 g/mol. The summed E-state index contributed by atoms with van der Waals surface area (Å²) in [7, 11) is 0. The number of benzene rings is 1. The molecule has 0 aliphatic carbocycles. The molecule has 0 heterocycles. The highest BCUT2D eigenvalue weighted by Crippen LogP contribution is 2.29. The summed E-state index contributed by atoms with van der Waals surface area (Å²) in [5.41, 5.74) is -1.58. The van der Waals surface area contributed by atoms with Gasteiger partial charge in [0.2, 0.25) is 0 Å². The Kier molecular flexibility index (Phi) is 3.62. The van der Waals surface area contributed by atoms with Crippen LogP contribution in [0.4, 0.5) is 8.78 Å². The second kappa shape index (κ2) is 4.60. The van der Waals surface area contributed by atoms with Gasteiger partial charge >= 0.3 is 5.97 Å². The van der Waals surface area contributed by atoms with Crippen LogP contribution >= 0.6 is 0 Å². The third-order valence-corrected chi connectivity index (χ3v) is 2.37. The van der Waals surface area contributed by atoms with Crippen LogP contribution in [0.15, 0.2) is 18.2 Å². The number of hydrogen-bond donors (Lipinski definition) is 0. The number of halogens is 2. The van der Waals surface area contributed by atoms with Crippen molar-refractivity contribution in [3.05, 3.63) is 35.4 Å². The van der Waals surface area contributed by atoms with Crippen LogP contribution < -0.4 is 0 Å². The second-order valence-corrected chi connectivity index (χ2v) is 3.94. The predicted molar refractivity (Wildman–Crippen MR) is 56.0 cm³/mol. The van der Waals surface area contributed by atoms with Crippen molar-refractivity contribution in [1.29, 1.82) is 0 Å². The SMILES string of the molecule is CCOC(=O)C(C)(C)c1c(F)cccc1F. The molecule has 0 radical (unpaired) electrons. The maximum Gasteiger partial charge on any atom is 0.316 e. The molecule has 1 aromatic rings. The lowest BCUT2D eigenvalue weighted by atomic mass is 9.84. The summed E-state index contributed by atoms with van der Waals surface area (Å²) in [6, 6.07) is 3.51. The maximum atomic E-state index is 13.5. The molecule has 4 heteroatoms. The fraction of sp³-hybridized carbons (Fsp3) is 0.417. The van der Waals surface area contributed by atoms with Crippen molar-refractivity contribution >= 4 is 5.97 Å². The van der Waals surface area contributed by atoms with Gasteiger partial charge in [0, 0.05) is 5.56 Å². The molecule has 0 N–H and O–H groups in total. The largest absolute Gasteiger partial charge is 0.465 e. The number of hydrogen-bond acceptors (Lipinski definition) is 2.